The van der Waals surface area contributed by atoms with E-state index in [0.717, 1.165) is 23.4 Å². The van der Waals surface area contributed by atoms with E-state index >= 15 is 0 Å². The van der Waals surface area contributed by atoms with Crippen molar-refractivity contribution in [2.24, 2.45) is 5.92 Å². The maximum atomic E-state index is 12.8. The molecule has 2 heterocycles. The summed E-state index contributed by atoms with van der Waals surface area (Å²) in [6.45, 7) is 12.4. The number of aromatic nitrogens is 1. The van der Waals surface area contributed by atoms with Crippen LogP contribution in [-0.2, 0) is 27.1 Å². The quantitative estimate of drug-likeness (QED) is 0.433. The molecule has 0 radical (unpaired) electrons. The zero-order valence-electron chi connectivity index (χ0n) is 22.4. The number of hydrogen-bond donors (Lipinski definition) is 0. The van der Waals surface area contributed by atoms with Crippen molar-refractivity contribution in [1.82, 2.24) is 9.88 Å². The first-order chi connectivity index (χ1) is 17.0. The average Bonchev–Trinajstić information content (AvgIpc) is 3.15. The monoisotopic (exact) mass is 498 g/mol. The minimum atomic E-state index is -0.893. The summed E-state index contributed by atoms with van der Waals surface area (Å²) >= 11 is 0. The second kappa shape index (κ2) is 11.6. The van der Waals surface area contributed by atoms with Crippen molar-refractivity contribution in [2.75, 3.05) is 20.3 Å². The smallest absolute Gasteiger partial charge is 0.411 e. The largest absolute Gasteiger partial charge is 0.493 e. The molecule has 0 spiro atoms. The Balaban J connectivity index is 1.71. The number of oxazole rings is 1. The second-order valence-electron chi connectivity index (χ2n) is 10.4. The van der Waals surface area contributed by atoms with Crippen molar-refractivity contribution in [3.8, 4) is 5.75 Å². The first-order valence-electron chi connectivity index (χ1n) is 12.4. The lowest BCUT2D eigenvalue weighted by Gasteiger charge is -2.36. The topological polar surface area (TPSA) is 91.1 Å². The number of ether oxygens (including phenoxy) is 3. The van der Waals surface area contributed by atoms with Gasteiger partial charge in [0.25, 0.3) is 0 Å². The highest BCUT2D eigenvalue weighted by atomic mass is 16.6. The van der Waals surface area contributed by atoms with Gasteiger partial charge in [0.05, 0.1) is 19.4 Å². The molecule has 1 aromatic heterocycles. The predicted octanol–water partition coefficient (Wildman–Crippen LogP) is 5.67. The highest BCUT2D eigenvalue weighted by Crippen LogP contribution is 2.34. The lowest BCUT2D eigenvalue weighted by Crippen LogP contribution is -2.46. The highest BCUT2D eigenvalue weighted by Gasteiger charge is 2.39. The Kier molecular flexibility index (Phi) is 8.82. The van der Waals surface area contributed by atoms with E-state index in [4.69, 9.17) is 18.6 Å². The van der Waals surface area contributed by atoms with Crippen LogP contribution in [-0.4, -0.2) is 47.8 Å². The van der Waals surface area contributed by atoms with Crippen LogP contribution in [0, 0.1) is 12.8 Å². The molecule has 8 heteroatoms. The number of hydrogen-bond acceptors (Lipinski definition) is 7. The van der Waals surface area contributed by atoms with Crippen LogP contribution in [0.25, 0.3) is 6.08 Å². The molecule has 0 aliphatic carbocycles. The molecule has 0 N–H and O–H groups in total. The predicted molar refractivity (Wildman–Crippen MR) is 137 cm³/mol. The number of nitrogens with zero attached hydrogens (tertiary/aromatic N) is 2. The van der Waals surface area contributed by atoms with Gasteiger partial charge < -0.3 is 18.6 Å². The molecular formula is C28H38N2O6. The van der Waals surface area contributed by atoms with Gasteiger partial charge in [0.1, 0.15) is 17.1 Å². The third kappa shape index (κ3) is 7.12. The van der Waals surface area contributed by atoms with Gasteiger partial charge in [-0.1, -0.05) is 26.0 Å². The molecule has 8 nitrogen and oxygen atoms in total. The number of fused-ring (bicyclic) bond motifs is 1. The van der Waals surface area contributed by atoms with Crippen molar-refractivity contribution in [1.29, 1.82) is 0 Å². The third-order valence-corrected chi connectivity index (χ3v) is 5.78. The number of methoxy groups -OCH3 is 1. The standard InChI is InChI=1S/C28H38N2O6/c1-18(2)9-8-10-24-29-23(19(3)35-24)14-16-34-21-12-11-20-13-15-30(27(32)36-28(4,5)6)25(22(20)17-21)26(31)33-7/h8,10-12,17-18,25H,9,13-16H2,1-7H3/b10-8+. The number of carbonyl (C=O) groups excluding carboxylic acids is 2. The van der Waals surface area contributed by atoms with Crippen molar-refractivity contribution >= 4 is 18.1 Å². The molecule has 0 saturated heterocycles. The first-order valence-corrected chi connectivity index (χ1v) is 12.4. The van der Waals surface area contributed by atoms with Gasteiger partial charge in [-0.3, -0.25) is 4.90 Å². The maximum Gasteiger partial charge on any atom is 0.411 e. The molecule has 2 aromatic rings. The summed E-state index contributed by atoms with van der Waals surface area (Å²) < 4.78 is 22.3. The zero-order valence-corrected chi connectivity index (χ0v) is 22.4. The minimum Gasteiger partial charge on any atom is -0.493 e. The van der Waals surface area contributed by atoms with Crippen LogP contribution >= 0.6 is 0 Å². The Hall–Kier alpha value is -3.29. The van der Waals surface area contributed by atoms with E-state index in [9.17, 15) is 9.59 Å². The Labute approximate surface area is 213 Å². The fourth-order valence-corrected chi connectivity index (χ4v) is 4.03. The number of rotatable bonds is 8. The number of allylic oxidation sites excluding steroid dienone is 1. The van der Waals surface area contributed by atoms with E-state index in [1.807, 2.05) is 31.2 Å². The normalized spacial score (nSPS) is 15.8. The summed E-state index contributed by atoms with van der Waals surface area (Å²) in [4.78, 5) is 31.6. The van der Waals surface area contributed by atoms with Crippen LogP contribution < -0.4 is 4.74 Å². The summed E-state index contributed by atoms with van der Waals surface area (Å²) in [6, 6.07) is 4.73. The molecule has 0 saturated carbocycles. The lowest BCUT2D eigenvalue weighted by molar-refractivity contribution is -0.147. The first kappa shape index (κ1) is 27.3. The molecule has 196 valence electrons. The van der Waals surface area contributed by atoms with E-state index in [2.05, 4.69) is 24.9 Å². The molecular weight excluding hydrogens is 460 g/mol. The van der Waals surface area contributed by atoms with Crippen LogP contribution in [0.2, 0.25) is 0 Å². The summed E-state index contributed by atoms with van der Waals surface area (Å²) in [5.41, 5.74) is 1.84. The molecule has 1 aromatic carbocycles. The molecule has 0 fully saturated rings. The van der Waals surface area contributed by atoms with Crippen molar-refractivity contribution in [3.05, 3.63) is 52.7 Å². The van der Waals surface area contributed by atoms with Gasteiger partial charge in [-0.15, -0.1) is 0 Å². The summed E-state index contributed by atoms with van der Waals surface area (Å²) in [5, 5.41) is 0. The number of esters is 1. The van der Waals surface area contributed by atoms with Gasteiger partial charge in [-0.25, -0.2) is 14.6 Å². The highest BCUT2D eigenvalue weighted by molar-refractivity contribution is 5.84. The molecule has 1 atom stereocenters. The van der Waals surface area contributed by atoms with Crippen LogP contribution in [0.5, 0.6) is 5.75 Å². The molecule has 1 aliphatic heterocycles. The lowest BCUT2D eigenvalue weighted by atomic mass is 9.92. The van der Waals surface area contributed by atoms with Crippen LogP contribution in [0.4, 0.5) is 4.79 Å². The van der Waals surface area contributed by atoms with Crippen LogP contribution in [0.15, 0.2) is 28.7 Å². The third-order valence-electron chi connectivity index (χ3n) is 5.78. The summed E-state index contributed by atoms with van der Waals surface area (Å²) in [6.07, 6.45) is 5.58. The molecule has 1 unspecified atom stereocenters. The van der Waals surface area contributed by atoms with Gasteiger partial charge in [0.2, 0.25) is 5.89 Å². The Morgan fingerprint density at radius 2 is 2.03 bits per heavy atom. The Bertz CT molecular complexity index is 1100. The molecule has 3 rings (SSSR count). The second-order valence-corrected chi connectivity index (χ2v) is 10.4. The Morgan fingerprint density at radius 3 is 2.69 bits per heavy atom. The zero-order chi connectivity index (χ0) is 26.5. The minimum absolute atomic E-state index is 0.362. The fourth-order valence-electron chi connectivity index (χ4n) is 4.03. The van der Waals surface area contributed by atoms with E-state index in [0.29, 0.717) is 49.1 Å². The van der Waals surface area contributed by atoms with Crippen LogP contribution in [0.3, 0.4) is 0 Å². The molecule has 1 aliphatic rings. The number of carbonyl (C=O) groups is 2. The maximum absolute atomic E-state index is 12.8. The number of amides is 1. The van der Waals surface area contributed by atoms with E-state index in [1.165, 1.54) is 12.0 Å². The van der Waals surface area contributed by atoms with E-state index in [1.54, 1.807) is 20.8 Å². The molecule has 0 bridgehead atoms. The van der Waals surface area contributed by atoms with Gasteiger partial charge in [0, 0.05) is 13.0 Å². The van der Waals surface area contributed by atoms with Crippen molar-refractivity contribution in [2.45, 2.75) is 72.4 Å². The van der Waals surface area contributed by atoms with E-state index in [-0.39, 0.29) is 0 Å². The SMILES string of the molecule is COC(=O)C1c2cc(OCCc3nc(/C=C/CC(C)C)oc3C)ccc2CCN1C(=O)OC(C)(C)C. The fraction of sp³-hybridized carbons (Fsp3) is 0.536. The summed E-state index contributed by atoms with van der Waals surface area (Å²) in [5.74, 6) is 2.03. The number of benzene rings is 1. The van der Waals surface area contributed by atoms with E-state index < -0.39 is 23.7 Å². The summed E-state index contributed by atoms with van der Waals surface area (Å²) in [7, 11) is 1.32. The van der Waals surface area contributed by atoms with Gasteiger partial charge in [0.15, 0.2) is 6.04 Å². The van der Waals surface area contributed by atoms with Gasteiger partial charge >= 0.3 is 12.1 Å². The van der Waals surface area contributed by atoms with Gasteiger partial charge in [-0.2, -0.15) is 0 Å². The van der Waals surface area contributed by atoms with Gasteiger partial charge in [-0.05, 0) is 75.8 Å². The number of aryl methyl sites for hydroxylation is 1. The average molecular weight is 499 g/mol. The molecule has 36 heavy (non-hydrogen) atoms. The van der Waals surface area contributed by atoms with Crippen LogP contribution in [0.1, 0.15) is 75.6 Å². The van der Waals surface area contributed by atoms with Crippen molar-refractivity contribution < 1.29 is 28.2 Å². The van der Waals surface area contributed by atoms with Crippen molar-refractivity contribution in [3.63, 3.8) is 0 Å². The molecule has 1 amide bonds. The Morgan fingerprint density at radius 1 is 1.28 bits per heavy atom.